The summed E-state index contributed by atoms with van der Waals surface area (Å²) in [5.41, 5.74) is 3.77. The van der Waals surface area contributed by atoms with Crippen LogP contribution < -0.4 is 5.32 Å². The Morgan fingerprint density at radius 2 is 1.61 bits per heavy atom. The van der Waals surface area contributed by atoms with Crippen LogP contribution in [-0.4, -0.2) is 22.3 Å². The molecule has 0 aliphatic carbocycles. The second-order valence-corrected chi connectivity index (χ2v) is 8.13. The summed E-state index contributed by atoms with van der Waals surface area (Å²) < 4.78 is 38.2. The van der Waals surface area contributed by atoms with E-state index in [-0.39, 0.29) is 17.7 Å². The summed E-state index contributed by atoms with van der Waals surface area (Å²) in [4.78, 5) is 23.4. The minimum atomic E-state index is -1.07. The molecule has 1 unspecified atom stereocenters. The van der Waals surface area contributed by atoms with Crippen molar-refractivity contribution < 1.29 is 32.7 Å². The van der Waals surface area contributed by atoms with Gasteiger partial charge in [0, 0.05) is 11.1 Å². The molecule has 0 fully saturated rings. The van der Waals surface area contributed by atoms with Crippen LogP contribution in [0.5, 0.6) is 0 Å². The summed E-state index contributed by atoms with van der Waals surface area (Å²) >= 11 is 0. The summed E-state index contributed by atoms with van der Waals surface area (Å²) in [5, 5.41) is 15.4. The Balaban J connectivity index is 1.48. The fourth-order valence-electron chi connectivity index (χ4n) is 3.71. The molecule has 9 heteroatoms. The minimum absolute atomic E-state index is 0.0434. The Bertz CT molecular complexity index is 1400. The number of amides is 1. The smallest absolute Gasteiger partial charge is 0.412 e. The molecule has 4 aromatic rings. The third-order valence-corrected chi connectivity index (χ3v) is 5.58. The van der Waals surface area contributed by atoms with E-state index in [1.807, 2.05) is 24.3 Å². The number of hydrogen-bond acceptors (Lipinski definition) is 5. The number of nitrogens with one attached hydrogen (secondary N) is 1. The number of aryl methyl sites for hydroxylation is 1. The first-order chi connectivity index (χ1) is 17.2. The number of benzene rings is 3. The van der Waals surface area contributed by atoms with Crippen LogP contribution in [0.2, 0.25) is 0 Å². The second-order valence-electron chi connectivity index (χ2n) is 8.13. The molecule has 7 nitrogen and oxygen atoms in total. The van der Waals surface area contributed by atoms with Gasteiger partial charge in [0.25, 0.3) is 0 Å². The van der Waals surface area contributed by atoms with Crippen molar-refractivity contribution in [3.63, 3.8) is 0 Å². The molecule has 0 aliphatic rings. The van der Waals surface area contributed by atoms with Crippen LogP contribution in [0.3, 0.4) is 0 Å². The first-order valence-corrected chi connectivity index (χ1v) is 11.0. The average Bonchev–Trinajstić information content (AvgIpc) is 3.20. The molecule has 0 aliphatic heterocycles. The molecule has 2 N–H and O–H groups in total. The van der Waals surface area contributed by atoms with Crippen molar-refractivity contribution >= 4 is 17.7 Å². The number of carbonyl (C=O) groups excluding carboxylic acids is 1. The fourth-order valence-corrected chi connectivity index (χ4v) is 3.71. The van der Waals surface area contributed by atoms with Crippen LogP contribution in [-0.2, 0) is 16.0 Å². The Kier molecular flexibility index (Phi) is 7.10. The normalized spacial score (nSPS) is 11.7. The third-order valence-electron chi connectivity index (χ3n) is 5.58. The lowest BCUT2D eigenvalue weighted by atomic mass is 10.0. The Hall–Kier alpha value is -4.53. The maximum atomic E-state index is 14.0. The summed E-state index contributed by atoms with van der Waals surface area (Å²) in [6, 6.07) is 18.2. The van der Waals surface area contributed by atoms with E-state index in [4.69, 9.17) is 14.4 Å². The van der Waals surface area contributed by atoms with Gasteiger partial charge in [0.2, 0.25) is 0 Å². The summed E-state index contributed by atoms with van der Waals surface area (Å²) in [5.74, 6) is -2.69. The topological polar surface area (TPSA) is 102 Å². The lowest BCUT2D eigenvalue weighted by Gasteiger charge is -2.15. The number of rotatable bonds is 7. The van der Waals surface area contributed by atoms with Crippen molar-refractivity contribution in [1.29, 1.82) is 0 Å². The van der Waals surface area contributed by atoms with Crippen LogP contribution in [0.25, 0.3) is 22.5 Å². The SMILES string of the molecule is Cc1noc(-c2ccc(-c3ccc(CC(=O)O)cc3)cc2)c1NC(=O)OC(C)c1cccc(F)c1F. The molecule has 1 heterocycles. The van der Waals surface area contributed by atoms with Gasteiger partial charge in [-0.25, -0.2) is 13.6 Å². The number of aliphatic carboxylic acids is 1. The van der Waals surface area contributed by atoms with E-state index in [2.05, 4.69) is 10.5 Å². The van der Waals surface area contributed by atoms with E-state index >= 15 is 0 Å². The van der Waals surface area contributed by atoms with E-state index in [0.717, 1.165) is 17.2 Å². The van der Waals surface area contributed by atoms with Gasteiger partial charge in [-0.3, -0.25) is 10.1 Å². The summed E-state index contributed by atoms with van der Waals surface area (Å²) in [6.07, 6.45) is -1.96. The molecule has 1 amide bonds. The highest BCUT2D eigenvalue weighted by molar-refractivity contribution is 5.91. The van der Waals surface area contributed by atoms with Gasteiger partial charge in [0.05, 0.1) is 6.42 Å². The van der Waals surface area contributed by atoms with E-state index in [0.29, 0.717) is 22.6 Å². The van der Waals surface area contributed by atoms with Gasteiger partial charge in [-0.1, -0.05) is 65.8 Å². The van der Waals surface area contributed by atoms with Gasteiger partial charge >= 0.3 is 12.1 Å². The van der Waals surface area contributed by atoms with Gasteiger partial charge in [-0.05, 0) is 36.6 Å². The lowest BCUT2D eigenvalue weighted by molar-refractivity contribution is -0.136. The van der Waals surface area contributed by atoms with E-state index in [1.165, 1.54) is 19.1 Å². The van der Waals surface area contributed by atoms with E-state index < -0.39 is 29.8 Å². The molecule has 1 atom stereocenters. The lowest BCUT2D eigenvalue weighted by Crippen LogP contribution is -2.17. The Morgan fingerprint density at radius 3 is 2.25 bits per heavy atom. The largest absolute Gasteiger partial charge is 0.481 e. The van der Waals surface area contributed by atoms with Crippen molar-refractivity contribution in [2.24, 2.45) is 0 Å². The quantitative estimate of drug-likeness (QED) is 0.304. The number of carboxylic acid groups (broad SMARTS) is 1. The van der Waals surface area contributed by atoms with Crippen molar-refractivity contribution in [2.45, 2.75) is 26.4 Å². The van der Waals surface area contributed by atoms with Gasteiger partial charge in [0.1, 0.15) is 17.5 Å². The fraction of sp³-hybridized carbons (Fsp3) is 0.148. The molecule has 4 rings (SSSR count). The standard InChI is InChI=1S/C27H22F2N2O5/c1-15-25(30-27(34)35-16(2)21-4-3-5-22(28)24(21)29)26(36-31-15)20-12-10-19(11-13-20)18-8-6-17(7-9-18)14-23(32)33/h3-13,16H,14H2,1-2H3,(H,30,34)(H,32,33). The van der Waals surface area contributed by atoms with Crippen molar-refractivity contribution in [3.05, 3.63) is 95.2 Å². The second kappa shape index (κ2) is 10.4. The molecule has 0 bridgehead atoms. The zero-order valence-electron chi connectivity index (χ0n) is 19.4. The van der Waals surface area contributed by atoms with Crippen LogP contribution in [0.1, 0.15) is 29.8 Å². The zero-order valence-corrected chi connectivity index (χ0v) is 19.4. The van der Waals surface area contributed by atoms with Crippen molar-refractivity contribution in [1.82, 2.24) is 5.16 Å². The van der Waals surface area contributed by atoms with Crippen LogP contribution in [0, 0.1) is 18.6 Å². The molecule has 0 saturated heterocycles. The highest BCUT2D eigenvalue weighted by Gasteiger charge is 2.22. The third kappa shape index (κ3) is 5.41. The van der Waals surface area contributed by atoms with Crippen molar-refractivity contribution in [3.8, 4) is 22.5 Å². The summed E-state index contributed by atoms with van der Waals surface area (Å²) in [6.45, 7) is 3.08. The number of carbonyl (C=O) groups is 2. The Labute approximate surface area is 205 Å². The molecule has 36 heavy (non-hydrogen) atoms. The molecule has 0 saturated carbocycles. The molecule has 3 aromatic carbocycles. The predicted octanol–water partition coefficient (Wildman–Crippen LogP) is 6.53. The number of anilines is 1. The minimum Gasteiger partial charge on any atom is -0.481 e. The van der Waals surface area contributed by atoms with E-state index in [9.17, 15) is 18.4 Å². The maximum absolute atomic E-state index is 14.0. The zero-order chi connectivity index (χ0) is 25.8. The van der Waals surface area contributed by atoms with Crippen LogP contribution >= 0.6 is 0 Å². The van der Waals surface area contributed by atoms with Gasteiger partial charge in [-0.15, -0.1) is 0 Å². The number of aromatic nitrogens is 1. The Morgan fingerprint density at radius 1 is 1.00 bits per heavy atom. The molecule has 0 radical (unpaired) electrons. The number of nitrogens with zero attached hydrogens (tertiary/aromatic N) is 1. The summed E-state index contributed by atoms with van der Waals surface area (Å²) in [7, 11) is 0. The highest BCUT2D eigenvalue weighted by Crippen LogP contribution is 2.33. The van der Waals surface area contributed by atoms with Gasteiger partial charge in [-0.2, -0.15) is 0 Å². The van der Waals surface area contributed by atoms with E-state index in [1.54, 1.807) is 31.2 Å². The molecular weight excluding hydrogens is 470 g/mol. The molecule has 184 valence electrons. The number of carboxylic acids is 1. The first kappa shape index (κ1) is 24.6. The predicted molar refractivity (Wildman–Crippen MR) is 128 cm³/mol. The molecule has 0 spiro atoms. The number of ether oxygens (including phenoxy) is 1. The van der Waals surface area contributed by atoms with Crippen molar-refractivity contribution in [2.75, 3.05) is 5.32 Å². The number of halogens is 2. The van der Waals surface area contributed by atoms with Crippen LogP contribution in [0.4, 0.5) is 19.3 Å². The first-order valence-electron chi connectivity index (χ1n) is 11.0. The van der Waals surface area contributed by atoms with Crippen LogP contribution in [0.15, 0.2) is 71.3 Å². The molecule has 1 aromatic heterocycles. The van der Waals surface area contributed by atoms with Gasteiger partial charge in [0.15, 0.2) is 17.4 Å². The average molecular weight is 492 g/mol. The van der Waals surface area contributed by atoms with Gasteiger partial charge < -0.3 is 14.4 Å². The highest BCUT2D eigenvalue weighted by atomic mass is 19.2. The maximum Gasteiger partial charge on any atom is 0.412 e. The number of hydrogen-bond donors (Lipinski definition) is 2. The molecular formula is C27H22F2N2O5. The monoisotopic (exact) mass is 492 g/mol.